The second kappa shape index (κ2) is 5.98. The zero-order chi connectivity index (χ0) is 15.6. The van der Waals surface area contributed by atoms with Gasteiger partial charge in [-0.25, -0.2) is 0 Å². The molecular weight excluding hydrogens is 299 g/mol. The minimum absolute atomic E-state index is 0.0649. The fourth-order valence-electron chi connectivity index (χ4n) is 2.03. The second-order valence-electron chi connectivity index (χ2n) is 4.90. The highest BCUT2D eigenvalue weighted by Gasteiger charge is 2.30. The molecule has 0 bridgehead atoms. The van der Waals surface area contributed by atoms with Crippen molar-refractivity contribution in [3.63, 3.8) is 0 Å². The predicted octanol–water partition coefficient (Wildman–Crippen LogP) is 5.59. The molecule has 0 aliphatic rings. The van der Waals surface area contributed by atoms with Crippen LogP contribution in [-0.4, -0.2) is 0 Å². The summed E-state index contributed by atoms with van der Waals surface area (Å²) in [6, 6.07) is 9.27. The first-order valence-corrected chi connectivity index (χ1v) is 6.82. The molecular formula is C16H15ClF3N. The van der Waals surface area contributed by atoms with Gasteiger partial charge in [0.05, 0.1) is 16.3 Å². The number of benzene rings is 2. The van der Waals surface area contributed by atoms with Gasteiger partial charge in [0.25, 0.3) is 0 Å². The van der Waals surface area contributed by atoms with Crippen LogP contribution in [-0.2, 0) is 12.7 Å². The quantitative estimate of drug-likeness (QED) is 0.779. The van der Waals surface area contributed by atoms with Crippen molar-refractivity contribution < 1.29 is 13.2 Å². The summed E-state index contributed by atoms with van der Waals surface area (Å²) < 4.78 is 37.7. The largest absolute Gasteiger partial charge is 0.416 e. The fraction of sp³-hybridized carbons (Fsp3) is 0.250. The maximum Gasteiger partial charge on any atom is 0.416 e. The first-order chi connectivity index (χ1) is 9.79. The fourth-order valence-corrected chi connectivity index (χ4v) is 2.28. The van der Waals surface area contributed by atoms with Gasteiger partial charge < -0.3 is 5.32 Å². The lowest BCUT2D eigenvalue weighted by Gasteiger charge is -2.13. The van der Waals surface area contributed by atoms with Gasteiger partial charge >= 0.3 is 6.18 Å². The second-order valence-corrected chi connectivity index (χ2v) is 5.31. The van der Waals surface area contributed by atoms with E-state index in [9.17, 15) is 13.2 Å². The highest BCUT2D eigenvalue weighted by Crippen LogP contribution is 2.33. The molecule has 2 aromatic rings. The summed E-state index contributed by atoms with van der Waals surface area (Å²) in [5, 5.41) is 3.14. The molecule has 0 spiro atoms. The van der Waals surface area contributed by atoms with Crippen LogP contribution >= 0.6 is 11.6 Å². The summed E-state index contributed by atoms with van der Waals surface area (Å²) in [7, 11) is 0. The number of alkyl halides is 3. The van der Waals surface area contributed by atoms with E-state index in [1.54, 1.807) is 0 Å². The highest BCUT2D eigenvalue weighted by atomic mass is 35.5. The molecule has 21 heavy (non-hydrogen) atoms. The molecule has 2 rings (SSSR count). The van der Waals surface area contributed by atoms with Crippen LogP contribution in [0.3, 0.4) is 0 Å². The van der Waals surface area contributed by atoms with Crippen LogP contribution in [0, 0.1) is 13.8 Å². The first-order valence-electron chi connectivity index (χ1n) is 6.45. The average molecular weight is 314 g/mol. The molecule has 0 saturated carbocycles. The van der Waals surface area contributed by atoms with Crippen LogP contribution in [0.4, 0.5) is 18.9 Å². The van der Waals surface area contributed by atoms with Gasteiger partial charge in [0, 0.05) is 6.54 Å². The Bertz CT molecular complexity index is 650. The maximum absolute atomic E-state index is 12.6. The van der Waals surface area contributed by atoms with Crippen LogP contribution < -0.4 is 5.32 Å². The molecule has 1 N–H and O–H groups in total. The summed E-state index contributed by atoms with van der Waals surface area (Å²) in [6.45, 7) is 4.54. The highest BCUT2D eigenvalue weighted by molar-refractivity contribution is 6.33. The van der Waals surface area contributed by atoms with Gasteiger partial charge in [-0.2, -0.15) is 13.2 Å². The molecule has 0 aromatic heterocycles. The number of hydrogen-bond donors (Lipinski definition) is 1. The Kier molecular flexibility index (Phi) is 4.47. The number of halogens is 4. The summed E-state index contributed by atoms with van der Waals surface area (Å²) >= 11 is 5.91. The number of aryl methyl sites for hydroxylation is 1. The van der Waals surface area contributed by atoms with E-state index in [-0.39, 0.29) is 5.02 Å². The molecule has 0 atom stereocenters. The average Bonchev–Trinajstić information content (AvgIpc) is 2.40. The Labute approximate surface area is 126 Å². The van der Waals surface area contributed by atoms with E-state index in [1.807, 2.05) is 32.0 Å². The summed E-state index contributed by atoms with van der Waals surface area (Å²) in [5.41, 5.74) is 3.17. The molecule has 1 nitrogen and oxygen atoms in total. The van der Waals surface area contributed by atoms with Gasteiger partial charge in [-0.05, 0) is 48.7 Å². The predicted molar refractivity (Wildman–Crippen MR) is 79.7 cm³/mol. The van der Waals surface area contributed by atoms with Crippen molar-refractivity contribution in [3.8, 4) is 0 Å². The van der Waals surface area contributed by atoms with Crippen LogP contribution in [0.15, 0.2) is 36.4 Å². The lowest BCUT2D eigenvalue weighted by atomic mass is 10.0. The third-order valence-corrected chi connectivity index (χ3v) is 3.80. The van der Waals surface area contributed by atoms with Crippen molar-refractivity contribution in [3.05, 3.63) is 63.7 Å². The van der Waals surface area contributed by atoms with Gasteiger partial charge in [0.1, 0.15) is 0 Å². The molecule has 0 aliphatic carbocycles. The zero-order valence-electron chi connectivity index (χ0n) is 11.7. The maximum atomic E-state index is 12.6. The van der Waals surface area contributed by atoms with Crippen molar-refractivity contribution in [2.75, 3.05) is 5.32 Å². The summed E-state index contributed by atoms with van der Waals surface area (Å²) in [5.74, 6) is 0. The molecule has 112 valence electrons. The van der Waals surface area contributed by atoms with Crippen LogP contribution in [0.2, 0.25) is 5.02 Å². The summed E-state index contributed by atoms with van der Waals surface area (Å²) in [4.78, 5) is 0. The Morgan fingerprint density at radius 1 is 1.10 bits per heavy atom. The molecule has 0 unspecified atom stereocenters. The molecule has 0 aliphatic heterocycles. The molecule has 0 fully saturated rings. The van der Waals surface area contributed by atoms with E-state index in [1.165, 1.54) is 11.6 Å². The molecule has 2 aromatic carbocycles. The van der Waals surface area contributed by atoms with Crippen molar-refractivity contribution >= 4 is 17.3 Å². The van der Waals surface area contributed by atoms with E-state index >= 15 is 0 Å². The minimum atomic E-state index is -4.38. The van der Waals surface area contributed by atoms with Crippen molar-refractivity contribution in [1.82, 2.24) is 0 Å². The number of hydrogen-bond acceptors (Lipinski definition) is 1. The van der Waals surface area contributed by atoms with Gasteiger partial charge in [0.15, 0.2) is 0 Å². The molecule has 5 heteroatoms. The van der Waals surface area contributed by atoms with Crippen molar-refractivity contribution in [2.45, 2.75) is 26.6 Å². The normalized spacial score (nSPS) is 11.5. The van der Waals surface area contributed by atoms with Crippen LogP contribution in [0.1, 0.15) is 22.3 Å². The number of rotatable bonds is 3. The van der Waals surface area contributed by atoms with Crippen LogP contribution in [0.5, 0.6) is 0 Å². The Hall–Kier alpha value is -1.68. The lowest BCUT2D eigenvalue weighted by molar-refractivity contribution is -0.137. The SMILES string of the molecule is Cc1cccc(CNc2ccc(C(F)(F)F)cc2Cl)c1C. The Balaban J connectivity index is 2.16. The van der Waals surface area contributed by atoms with E-state index in [4.69, 9.17) is 11.6 Å². The summed E-state index contributed by atoms with van der Waals surface area (Å²) in [6.07, 6.45) is -4.38. The van der Waals surface area contributed by atoms with E-state index < -0.39 is 11.7 Å². The third-order valence-electron chi connectivity index (χ3n) is 3.48. The molecule has 0 amide bonds. The number of nitrogens with one attached hydrogen (secondary N) is 1. The van der Waals surface area contributed by atoms with E-state index in [2.05, 4.69) is 5.32 Å². The minimum Gasteiger partial charge on any atom is -0.380 e. The van der Waals surface area contributed by atoms with E-state index in [0.29, 0.717) is 12.2 Å². The zero-order valence-corrected chi connectivity index (χ0v) is 12.4. The molecule has 0 radical (unpaired) electrons. The lowest BCUT2D eigenvalue weighted by Crippen LogP contribution is -2.06. The van der Waals surface area contributed by atoms with Crippen molar-refractivity contribution in [2.24, 2.45) is 0 Å². The monoisotopic (exact) mass is 313 g/mol. The van der Waals surface area contributed by atoms with Gasteiger partial charge in [-0.1, -0.05) is 29.8 Å². The molecule has 0 saturated heterocycles. The van der Waals surface area contributed by atoms with E-state index in [0.717, 1.165) is 23.3 Å². The molecule has 0 heterocycles. The number of anilines is 1. The first kappa shape index (κ1) is 15.7. The van der Waals surface area contributed by atoms with Crippen molar-refractivity contribution in [1.29, 1.82) is 0 Å². The topological polar surface area (TPSA) is 12.0 Å². The Morgan fingerprint density at radius 2 is 1.81 bits per heavy atom. The standard InChI is InChI=1S/C16H15ClF3N/c1-10-4-3-5-12(11(10)2)9-21-15-7-6-13(8-14(15)17)16(18,19)20/h3-8,21H,9H2,1-2H3. The van der Waals surface area contributed by atoms with Crippen LogP contribution in [0.25, 0.3) is 0 Å². The van der Waals surface area contributed by atoms with Gasteiger partial charge in [-0.3, -0.25) is 0 Å². The van der Waals surface area contributed by atoms with Gasteiger partial charge in [-0.15, -0.1) is 0 Å². The third kappa shape index (κ3) is 3.70. The van der Waals surface area contributed by atoms with Gasteiger partial charge in [0.2, 0.25) is 0 Å². The smallest absolute Gasteiger partial charge is 0.380 e. The Morgan fingerprint density at radius 3 is 2.43 bits per heavy atom.